The third-order valence-electron chi connectivity index (χ3n) is 4.79. The van der Waals surface area contributed by atoms with Crippen molar-refractivity contribution in [2.45, 2.75) is 32.7 Å². The summed E-state index contributed by atoms with van der Waals surface area (Å²) in [5.41, 5.74) is 1.39. The standard InChI is InChI=1S/C18H29N3O/c1-15(18-7-5-4-6-8-18)16(2)19-9-10-20-11-13-21(14-12-20)17(3)22/h4-8,15-16,19H,9-14H2,1-3H3/t15-,16-/m1/s1. The van der Waals surface area contributed by atoms with Crippen molar-refractivity contribution in [3.8, 4) is 0 Å². The topological polar surface area (TPSA) is 35.6 Å². The molecule has 1 aromatic rings. The minimum atomic E-state index is 0.197. The van der Waals surface area contributed by atoms with Gasteiger partial charge < -0.3 is 10.2 Å². The Morgan fingerprint density at radius 3 is 2.36 bits per heavy atom. The molecule has 1 aliphatic rings. The molecule has 0 unspecified atom stereocenters. The zero-order valence-electron chi connectivity index (χ0n) is 14.1. The fraction of sp³-hybridized carbons (Fsp3) is 0.611. The number of nitrogens with zero attached hydrogens (tertiary/aromatic N) is 2. The molecule has 0 aromatic heterocycles. The van der Waals surface area contributed by atoms with E-state index in [9.17, 15) is 4.79 Å². The highest BCUT2D eigenvalue weighted by Crippen LogP contribution is 2.18. The number of amides is 1. The van der Waals surface area contributed by atoms with Gasteiger partial charge >= 0.3 is 0 Å². The van der Waals surface area contributed by atoms with Crippen molar-refractivity contribution in [1.82, 2.24) is 15.1 Å². The molecule has 4 heteroatoms. The lowest BCUT2D eigenvalue weighted by molar-refractivity contribution is -0.130. The van der Waals surface area contributed by atoms with Crippen molar-refractivity contribution < 1.29 is 4.79 Å². The molecule has 1 saturated heterocycles. The van der Waals surface area contributed by atoms with E-state index >= 15 is 0 Å². The Hall–Kier alpha value is -1.39. The van der Waals surface area contributed by atoms with Crippen LogP contribution in [-0.4, -0.2) is 61.0 Å². The van der Waals surface area contributed by atoms with Crippen LogP contribution in [0.3, 0.4) is 0 Å². The summed E-state index contributed by atoms with van der Waals surface area (Å²) in [6, 6.07) is 11.1. The third-order valence-corrected chi connectivity index (χ3v) is 4.79. The first kappa shape index (κ1) is 17.0. The molecule has 1 aliphatic heterocycles. The number of benzene rings is 1. The fourth-order valence-corrected chi connectivity index (χ4v) is 2.96. The van der Waals surface area contributed by atoms with Crippen LogP contribution in [0, 0.1) is 0 Å². The van der Waals surface area contributed by atoms with Gasteiger partial charge in [0, 0.05) is 52.2 Å². The summed E-state index contributed by atoms with van der Waals surface area (Å²) >= 11 is 0. The zero-order valence-corrected chi connectivity index (χ0v) is 14.1. The third kappa shape index (κ3) is 4.82. The van der Waals surface area contributed by atoms with Gasteiger partial charge in [-0.2, -0.15) is 0 Å². The minimum Gasteiger partial charge on any atom is -0.340 e. The molecule has 22 heavy (non-hydrogen) atoms. The maximum Gasteiger partial charge on any atom is 0.219 e. The van der Waals surface area contributed by atoms with E-state index in [0.29, 0.717) is 12.0 Å². The Morgan fingerprint density at radius 2 is 1.77 bits per heavy atom. The van der Waals surface area contributed by atoms with E-state index in [1.165, 1.54) is 5.56 Å². The Bertz CT molecular complexity index is 455. The normalized spacial score (nSPS) is 19.0. The summed E-state index contributed by atoms with van der Waals surface area (Å²) in [7, 11) is 0. The van der Waals surface area contributed by atoms with Crippen LogP contribution in [0.5, 0.6) is 0 Å². The van der Waals surface area contributed by atoms with Crippen molar-refractivity contribution in [3.05, 3.63) is 35.9 Å². The Kier molecular flexibility index (Phi) is 6.40. The zero-order chi connectivity index (χ0) is 15.9. The van der Waals surface area contributed by atoms with Crippen molar-refractivity contribution in [3.63, 3.8) is 0 Å². The molecule has 0 saturated carbocycles. The number of carbonyl (C=O) groups excluding carboxylic acids is 1. The lowest BCUT2D eigenvalue weighted by atomic mass is 9.94. The Morgan fingerprint density at radius 1 is 1.14 bits per heavy atom. The maximum absolute atomic E-state index is 11.3. The summed E-state index contributed by atoms with van der Waals surface area (Å²) in [5, 5.41) is 3.64. The SMILES string of the molecule is CC(=O)N1CCN(CCN[C@H](C)[C@@H](C)c2ccccc2)CC1. The number of nitrogens with one attached hydrogen (secondary N) is 1. The monoisotopic (exact) mass is 303 g/mol. The van der Waals surface area contributed by atoms with E-state index in [4.69, 9.17) is 0 Å². The number of carbonyl (C=O) groups is 1. The van der Waals surface area contributed by atoms with E-state index in [2.05, 4.69) is 54.4 Å². The molecule has 4 nitrogen and oxygen atoms in total. The highest BCUT2D eigenvalue weighted by molar-refractivity contribution is 5.73. The van der Waals surface area contributed by atoms with Gasteiger partial charge in [-0.3, -0.25) is 9.69 Å². The van der Waals surface area contributed by atoms with Crippen LogP contribution in [0.1, 0.15) is 32.3 Å². The molecule has 1 N–H and O–H groups in total. The maximum atomic E-state index is 11.3. The second-order valence-corrected chi connectivity index (χ2v) is 6.29. The van der Waals surface area contributed by atoms with Crippen LogP contribution in [0.15, 0.2) is 30.3 Å². The van der Waals surface area contributed by atoms with Gasteiger partial charge in [0.15, 0.2) is 0 Å². The van der Waals surface area contributed by atoms with E-state index < -0.39 is 0 Å². The summed E-state index contributed by atoms with van der Waals surface area (Å²) in [6.45, 7) is 12.0. The predicted molar refractivity (Wildman–Crippen MR) is 91.0 cm³/mol. The van der Waals surface area contributed by atoms with Gasteiger partial charge in [-0.1, -0.05) is 37.3 Å². The lowest BCUT2D eigenvalue weighted by Gasteiger charge is -2.34. The number of rotatable bonds is 6. The molecular weight excluding hydrogens is 274 g/mol. The van der Waals surface area contributed by atoms with Crippen molar-refractivity contribution in [1.29, 1.82) is 0 Å². The summed E-state index contributed by atoms with van der Waals surface area (Å²) in [6.07, 6.45) is 0. The number of piperazine rings is 1. The first-order chi connectivity index (χ1) is 10.6. The van der Waals surface area contributed by atoms with Crippen LogP contribution in [-0.2, 0) is 4.79 Å². The van der Waals surface area contributed by atoms with E-state index in [0.717, 1.165) is 39.3 Å². The van der Waals surface area contributed by atoms with Crippen LogP contribution in [0.25, 0.3) is 0 Å². The Balaban J connectivity index is 1.67. The minimum absolute atomic E-state index is 0.197. The molecular formula is C18H29N3O. The molecule has 122 valence electrons. The van der Waals surface area contributed by atoms with Gasteiger partial charge in [-0.05, 0) is 18.4 Å². The highest BCUT2D eigenvalue weighted by atomic mass is 16.2. The number of hydrogen-bond acceptors (Lipinski definition) is 3. The average Bonchev–Trinajstić information content (AvgIpc) is 2.55. The molecule has 2 atom stereocenters. The summed E-state index contributed by atoms with van der Waals surface area (Å²) in [4.78, 5) is 15.7. The first-order valence-corrected chi connectivity index (χ1v) is 8.34. The molecule has 0 radical (unpaired) electrons. The van der Waals surface area contributed by atoms with Gasteiger partial charge in [-0.25, -0.2) is 0 Å². The highest BCUT2D eigenvalue weighted by Gasteiger charge is 2.18. The second-order valence-electron chi connectivity index (χ2n) is 6.29. The molecule has 1 amide bonds. The fourth-order valence-electron chi connectivity index (χ4n) is 2.96. The average molecular weight is 303 g/mol. The smallest absolute Gasteiger partial charge is 0.219 e. The van der Waals surface area contributed by atoms with Crippen LogP contribution >= 0.6 is 0 Å². The van der Waals surface area contributed by atoms with Gasteiger partial charge in [0.05, 0.1) is 0 Å². The van der Waals surface area contributed by atoms with Crippen molar-refractivity contribution in [2.75, 3.05) is 39.3 Å². The molecule has 1 heterocycles. The van der Waals surface area contributed by atoms with E-state index in [1.54, 1.807) is 6.92 Å². The Labute approximate surface area is 134 Å². The molecule has 1 aromatic carbocycles. The van der Waals surface area contributed by atoms with Gasteiger partial charge in [0.1, 0.15) is 0 Å². The van der Waals surface area contributed by atoms with E-state index in [1.807, 2.05) is 4.90 Å². The summed E-state index contributed by atoms with van der Waals surface area (Å²) in [5.74, 6) is 0.707. The molecule has 0 aliphatic carbocycles. The predicted octanol–water partition coefficient (Wildman–Crippen LogP) is 1.93. The van der Waals surface area contributed by atoms with Crippen LogP contribution in [0.2, 0.25) is 0 Å². The molecule has 1 fully saturated rings. The number of hydrogen-bond donors (Lipinski definition) is 1. The molecule has 0 bridgehead atoms. The summed E-state index contributed by atoms with van der Waals surface area (Å²) < 4.78 is 0. The van der Waals surface area contributed by atoms with E-state index in [-0.39, 0.29) is 5.91 Å². The van der Waals surface area contributed by atoms with Crippen LogP contribution in [0.4, 0.5) is 0 Å². The lowest BCUT2D eigenvalue weighted by Crippen LogP contribution is -2.50. The van der Waals surface area contributed by atoms with Gasteiger partial charge in [-0.15, -0.1) is 0 Å². The molecule has 0 spiro atoms. The van der Waals surface area contributed by atoms with Crippen LogP contribution < -0.4 is 5.32 Å². The quantitative estimate of drug-likeness (QED) is 0.872. The van der Waals surface area contributed by atoms with Gasteiger partial charge in [0.2, 0.25) is 5.91 Å². The van der Waals surface area contributed by atoms with Crippen molar-refractivity contribution in [2.24, 2.45) is 0 Å². The van der Waals surface area contributed by atoms with Gasteiger partial charge in [0.25, 0.3) is 0 Å². The van der Waals surface area contributed by atoms with Crippen molar-refractivity contribution >= 4 is 5.91 Å². The molecule has 2 rings (SSSR count). The first-order valence-electron chi connectivity index (χ1n) is 8.34. The largest absolute Gasteiger partial charge is 0.340 e. The second kappa shape index (κ2) is 8.30.